The fraction of sp³-hybridized carbons (Fsp3) is 0.500. The van der Waals surface area contributed by atoms with E-state index in [0.717, 1.165) is 17.8 Å². The van der Waals surface area contributed by atoms with Crippen LogP contribution in [0.1, 0.15) is 33.0 Å². The van der Waals surface area contributed by atoms with Crippen LogP contribution in [0.2, 0.25) is 0 Å². The highest BCUT2D eigenvalue weighted by Crippen LogP contribution is 2.27. The van der Waals surface area contributed by atoms with E-state index in [2.05, 4.69) is 30.6 Å². The summed E-state index contributed by atoms with van der Waals surface area (Å²) in [5.41, 5.74) is 2.17. The van der Waals surface area contributed by atoms with E-state index in [4.69, 9.17) is 9.72 Å². The van der Waals surface area contributed by atoms with Crippen molar-refractivity contribution in [2.75, 3.05) is 25.0 Å². The first-order valence-corrected chi connectivity index (χ1v) is 11.4. The van der Waals surface area contributed by atoms with Crippen molar-refractivity contribution in [2.45, 2.75) is 52.7 Å². The number of ether oxygens (including phenoxy) is 1. The summed E-state index contributed by atoms with van der Waals surface area (Å²) in [6.07, 6.45) is 5.75. The molecule has 1 saturated heterocycles. The van der Waals surface area contributed by atoms with Crippen LogP contribution in [0.3, 0.4) is 0 Å². The summed E-state index contributed by atoms with van der Waals surface area (Å²) in [6.45, 7) is 9.18. The summed E-state index contributed by atoms with van der Waals surface area (Å²) < 4.78 is 6.95. The number of aryl methyl sites for hydroxylation is 2. The molecule has 0 bridgehead atoms. The lowest BCUT2D eigenvalue weighted by Crippen LogP contribution is -2.46. The molecule has 0 aromatic carbocycles. The molecule has 180 valence electrons. The van der Waals surface area contributed by atoms with Crippen LogP contribution >= 0.6 is 0 Å². The predicted molar refractivity (Wildman–Crippen MR) is 125 cm³/mol. The van der Waals surface area contributed by atoms with E-state index in [1.165, 1.54) is 6.33 Å². The Morgan fingerprint density at radius 3 is 2.68 bits per heavy atom. The van der Waals surface area contributed by atoms with Crippen LogP contribution in [0.5, 0.6) is 0 Å². The Kier molecular flexibility index (Phi) is 6.85. The van der Waals surface area contributed by atoms with Crippen LogP contribution in [0, 0.1) is 6.92 Å². The lowest BCUT2D eigenvalue weighted by molar-refractivity contribution is -0.144. The maximum atomic E-state index is 12.6. The number of esters is 1. The predicted octanol–water partition coefficient (Wildman–Crippen LogP) is 1.76. The fourth-order valence-electron chi connectivity index (χ4n) is 3.93. The van der Waals surface area contributed by atoms with Gasteiger partial charge in [-0.05, 0) is 34.1 Å². The molecule has 3 aromatic rings. The molecule has 1 fully saturated rings. The minimum atomic E-state index is -0.705. The zero-order valence-electron chi connectivity index (χ0n) is 19.8. The average Bonchev–Trinajstić information content (AvgIpc) is 3.45. The van der Waals surface area contributed by atoms with Crippen LogP contribution in [-0.2, 0) is 16.1 Å². The first-order valence-electron chi connectivity index (χ1n) is 11.4. The second kappa shape index (κ2) is 9.98. The molecule has 1 aliphatic rings. The second-order valence-corrected chi connectivity index (χ2v) is 8.09. The molecular formula is C22H29N9O3. The number of likely N-dealkylation sites (tertiary alicyclic amines) is 1. The van der Waals surface area contributed by atoms with E-state index >= 15 is 0 Å². The molecule has 0 spiro atoms. The van der Waals surface area contributed by atoms with Crippen molar-refractivity contribution < 1.29 is 14.3 Å². The second-order valence-electron chi connectivity index (χ2n) is 8.09. The normalized spacial score (nSPS) is 16.5. The summed E-state index contributed by atoms with van der Waals surface area (Å²) in [6, 6.07) is -1.02. The number of urea groups is 1. The number of amides is 2. The van der Waals surface area contributed by atoms with E-state index in [-0.39, 0.29) is 18.7 Å². The first kappa shape index (κ1) is 23.3. The van der Waals surface area contributed by atoms with Crippen molar-refractivity contribution in [2.24, 2.45) is 0 Å². The Labute approximate surface area is 197 Å². The summed E-state index contributed by atoms with van der Waals surface area (Å²) in [5, 5.41) is 6.11. The van der Waals surface area contributed by atoms with Gasteiger partial charge in [-0.3, -0.25) is 0 Å². The van der Waals surface area contributed by atoms with Crippen molar-refractivity contribution in [1.29, 1.82) is 0 Å². The number of imidazole rings is 1. The largest absolute Gasteiger partial charge is 0.464 e. The number of rotatable bonds is 7. The van der Waals surface area contributed by atoms with Crippen LogP contribution < -0.4 is 10.6 Å². The van der Waals surface area contributed by atoms with Gasteiger partial charge in [-0.15, -0.1) is 0 Å². The van der Waals surface area contributed by atoms with Gasteiger partial charge in [0.15, 0.2) is 17.0 Å². The highest BCUT2D eigenvalue weighted by Gasteiger charge is 2.29. The standard InChI is InChI=1S/C22H29N9O3/c1-5-31-19(15-9-23-14(4)24-10-15)29-17-18(25-12-26-20(17)31)28-16-7-8-30(11-16)22(33)27-13(3)21(32)34-6-2/h9-10,12-13,16H,5-8,11H2,1-4H3,(H,27,33)(H,25,26,28)/t13?,16-/m0/s1. The zero-order valence-corrected chi connectivity index (χ0v) is 19.8. The summed E-state index contributed by atoms with van der Waals surface area (Å²) in [4.78, 5) is 48.3. The van der Waals surface area contributed by atoms with Crippen LogP contribution in [0.25, 0.3) is 22.6 Å². The lowest BCUT2D eigenvalue weighted by atomic mass is 10.2. The number of anilines is 1. The molecule has 1 aliphatic heterocycles. The third-order valence-electron chi connectivity index (χ3n) is 5.68. The maximum absolute atomic E-state index is 12.6. The van der Waals surface area contributed by atoms with Gasteiger partial charge >= 0.3 is 12.0 Å². The lowest BCUT2D eigenvalue weighted by Gasteiger charge is -2.20. The number of nitrogens with zero attached hydrogens (tertiary/aromatic N) is 7. The van der Waals surface area contributed by atoms with E-state index in [9.17, 15) is 9.59 Å². The highest BCUT2D eigenvalue weighted by molar-refractivity contribution is 5.86. The fourth-order valence-corrected chi connectivity index (χ4v) is 3.93. The Morgan fingerprint density at radius 1 is 1.21 bits per heavy atom. The monoisotopic (exact) mass is 467 g/mol. The van der Waals surface area contributed by atoms with Gasteiger partial charge in [-0.1, -0.05) is 0 Å². The van der Waals surface area contributed by atoms with Crippen LogP contribution in [0.4, 0.5) is 10.6 Å². The minimum absolute atomic E-state index is 0.0142. The molecule has 4 rings (SSSR count). The van der Waals surface area contributed by atoms with E-state index in [1.54, 1.807) is 31.1 Å². The molecule has 1 unspecified atom stereocenters. The molecule has 3 aromatic heterocycles. The van der Waals surface area contributed by atoms with Gasteiger partial charge in [-0.2, -0.15) is 0 Å². The van der Waals surface area contributed by atoms with Crippen molar-refractivity contribution in [3.05, 3.63) is 24.5 Å². The average molecular weight is 468 g/mol. The molecule has 2 amide bonds. The number of fused-ring (bicyclic) bond motifs is 1. The smallest absolute Gasteiger partial charge is 0.328 e. The van der Waals surface area contributed by atoms with Crippen LogP contribution in [0.15, 0.2) is 18.7 Å². The van der Waals surface area contributed by atoms with Crippen LogP contribution in [-0.4, -0.2) is 78.2 Å². The molecule has 0 radical (unpaired) electrons. The number of aromatic nitrogens is 6. The van der Waals surface area contributed by atoms with Gasteiger partial charge in [0.1, 0.15) is 24.0 Å². The van der Waals surface area contributed by atoms with E-state index < -0.39 is 12.0 Å². The Balaban J connectivity index is 1.49. The molecule has 34 heavy (non-hydrogen) atoms. The van der Waals surface area contributed by atoms with Gasteiger partial charge in [0, 0.05) is 38.1 Å². The summed E-state index contributed by atoms with van der Waals surface area (Å²) in [7, 11) is 0. The van der Waals surface area contributed by atoms with Gasteiger partial charge in [0.05, 0.1) is 12.2 Å². The summed E-state index contributed by atoms with van der Waals surface area (Å²) >= 11 is 0. The highest BCUT2D eigenvalue weighted by atomic mass is 16.5. The van der Waals surface area contributed by atoms with Gasteiger partial charge in [0.2, 0.25) is 0 Å². The topological polar surface area (TPSA) is 140 Å². The molecular weight excluding hydrogens is 438 g/mol. The van der Waals surface area contributed by atoms with Crippen molar-refractivity contribution >= 4 is 29.0 Å². The molecule has 4 heterocycles. The Morgan fingerprint density at radius 2 is 1.97 bits per heavy atom. The number of carbonyl (C=O) groups is 2. The minimum Gasteiger partial charge on any atom is -0.464 e. The SMILES string of the molecule is CCOC(=O)C(C)NC(=O)N1CC[C@H](Nc2ncnc3c2nc(-c2cnc(C)nc2)n3CC)C1. The third kappa shape index (κ3) is 4.75. The number of hydrogen-bond acceptors (Lipinski definition) is 9. The number of hydrogen-bond donors (Lipinski definition) is 2. The van der Waals surface area contributed by atoms with E-state index in [1.807, 2.05) is 18.4 Å². The van der Waals surface area contributed by atoms with Gasteiger partial charge in [0.25, 0.3) is 0 Å². The van der Waals surface area contributed by atoms with Crippen molar-refractivity contribution in [3.8, 4) is 11.4 Å². The van der Waals surface area contributed by atoms with Crippen molar-refractivity contribution in [3.63, 3.8) is 0 Å². The Hall–Kier alpha value is -3.83. The quantitative estimate of drug-likeness (QED) is 0.497. The Bertz CT molecular complexity index is 1180. The molecule has 0 aliphatic carbocycles. The number of carbonyl (C=O) groups excluding carboxylic acids is 2. The molecule has 2 N–H and O–H groups in total. The van der Waals surface area contributed by atoms with E-state index in [0.29, 0.717) is 42.4 Å². The number of nitrogens with one attached hydrogen (secondary N) is 2. The third-order valence-corrected chi connectivity index (χ3v) is 5.68. The van der Waals surface area contributed by atoms with Crippen molar-refractivity contribution in [1.82, 2.24) is 39.7 Å². The molecule has 12 nitrogen and oxygen atoms in total. The zero-order chi connectivity index (χ0) is 24.2. The maximum Gasteiger partial charge on any atom is 0.328 e. The molecule has 12 heteroatoms. The molecule has 0 saturated carbocycles. The van der Waals surface area contributed by atoms with Gasteiger partial charge in [-0.25, -0.2) is 34.5 Å². The summed E-state index contributed by atoms with van der Waals surface area (Å²) in [5.74, 6) is 1.57. The van der Waals surface area contributed by atoms with Gasteiger partial charge < -0.3 is 24.8 Å². The first-order chi connectivity index (χ1) is 16.4. The molecule has 2 atom stereocenters.